The molecule has 1 N–H and O–H groups in total. The van der Waals surface area contributed by atoms with E-state index in [9.17, 15) is 18.4 Å². The van der Waals surface area contributed by atoms with Crippen molar-refractivity contribution in [2.24, 2.45) is 0 Å². The molecule has 1 aromatic carbocycles. The first-order valence-corrected chi connectivity index (χ1v) is 8.83. The van der Waals surface area contributed by atoms with Gasteiger partial charge in [0.15, 0.2) is 0 Å². The molecule has 3 rings (SSSR count). The monoisotopic (exact) mass is 374 g/mol. The van der Waals surface area contributed by atoms with Gasteiger partial charge >= 0.3 is 5.97 Å². The maximum absolute atomic E-state index is 14.1. The van der Waals surface area contributed by atoms with Crippen molar-refractivity contribution in [2.75, 3.05) is 0 Å². The Kier molecular flexibility index (Phi) is 5.48. The lowest BCUT2D eigenvalue weighted by atomic mass is 10.1. The molecule has 0 aliphatic heterocycles. The Morgan fingerprint density at radius 1 is 1.15 bits per heavy atom. The van der Waals surface area contributed by atoms with Crippen molar-refractivity contribution in [3.8, 4) is 0 Å². The molecule has 27 heavy (non-hydrogen) atoms. The number of aromatic nitrogens is 1. The van der Waals surface area contributed by atoms with Crippen molar-refractivity contribution in [1.82, 2.24) is 9.88 Å². The molecule has 0 unspecified atom stereocenters. The average molecular weight is 374 g/mol. The number of carbonyl (C=O) groups excluding carboxylic acids is 1. The number of aromatic carboxylic acids is 1. The Hall–Kier alpha value is -2.83. The molecular formula is C20H20F2N2O3. The molecule has 1 aromatic heterocycles. The molecule has 142 valence electrons. The molecule has 1 aliphatic carbocycles. The summed E-state index contributed by atoms with van der Waals surface area (Å²) in [6.07, 6.45) is 3.40. The highest BCUT2D eigenvalue weighted by molar-refractivity contribution is 5.94. The van der Waals surface area contributed by atoms with Crippen LogP contribution in [-0.2, 0) is 6.54 Å². The molecular weight excluding hydrogens is 354 g/mol. The quantitative estimate of drug-likeness (QED) is 0.860. The predicted molar refractivity (Wildman–Crippen MR) is 94.4 cm³/mol. The number of carboxylic acid groups (broad SMARTS) is 1. The summed E-state index contributed by atoms with van der Waals surface area (Å²) in [5, 5.41) is 9.11. The summed E-state index contributed by atoms with van der Waals surface area (Å²) >= 11 is 0. The molecule has 0 saturated heterocycles. The van der Waals surface area contributed by atoms with E-state index in [1.165, 1.54) is 42.2 Å². The topological polar surface area (TPSA) is 70.5 Å². The molecule has 7 heteroatoms. The highest BCUT2D eigenvalue weighted by Crippen LogP contribution is 2.27. The van der Waals surface area contributed by atoms with Crippen LogP contribution in [0.5, 0.6) is 0 Å². The van der Waals surface area contributed by atoms with Crippen LogP contribution in [0.3, 0.4) is 0 Å². The number of nitrogens with zero attached hydrogens (tertiary/aromatic N) is 2. The Bertz CT molecular complexity index is 859. The molecule has 0 spiro atoms. The predicted octanol–water partition coefficient (Wildman–Crippen LogP) is 3.95. The van der Waals surface area contributed by atoms with Crippen LogP contribution in [0.15, 0.2) is 30.3 Å². The minimum absolute atomic E-state index is 0.0131. The first-order valence-electron chi connectivity index (χ1n) is 8.83. The number of pyridine rings is 1. The van der Waals surface area contributed by atoms with Crippen LogP contribution < -0.4 is 0 Å². The molecule has 1 fully saturated rings. The second-order valence-electron chi connectivity index (χ2n) is 6.71. The summed E-state index contributed by atoms with van der Waals surface area (Å²) in [5.74, 6) is -2.98. The van der Waals surface area contributed by atoms with E-state index in [2.05, 4.69) is 4.98 Å². The van der Waals surface area contributed by atoms with Gasteiger partial charge in [-0.15, -0.1) is 0 Å². The highest BCUT2D eigenvalue weighted by atomic mass is 19.1. The lowest BCUT2D eigenvalue weighted by Gasteiger charge is -2.29. The van der Waals surface area contributed by atoms with Crippen molar-refractivity contribution in [1.29, 1.82) is 0 Å². The van der Waals surface area contributed by atoms with Crippen LogP contribution in [0.4, 0.5) is 8.78 Å². The number of halogens is 2. The van der Waals surface area contributed by atoms with E-state index in [0.29, 0.717) is 0 Å². The average Bonchev–Trinajstić information content (AvgIpc) is 3.15. The maximum atomic E-state index is 14.1. The minimum Gasteiger partial charge on any atom is -0.478 e. The van der Waals surface area contributed by atoms with Crippen LogP contribution in [0.2, 0.25) is 0 Å². The van der Waals surface area contributed by atoms with E-state index in [-0.39, 0.29) is 35.1 Å². The van der Waals surface area contributed by atoms with Gasteiger partial charge in [0.1, 0.15) is 17.3 Å². The van der Waals surface area contributed by atoms with E-state index < -0.39 is 23.5 Å². The molecule has 2 aromatic rings. The number of aryl methyl sites for hydroxylation is 1. The maximum Gasteiger partial charge on any atom is 0.337 e. The fourth-order valence-electron chi connectivity index (χ4n) is 3.49. The Balaban J connectivity index is 1.94. The summed E-state index contributed by atoms with van der Waals surface area (Å²) < 4.78 is 28.2. The SMILES string of the molecule is Cc1nc(C(=O)N(Cc2c(F)cccc2F)C2CCCC2)ccc1C(=O)O. The largest absolute Gasteiger partial charge is 0.478 e. The van der Waals surface area contributed by atoms with Crippen LogP contribution in [-0.4, -0.2) is 32.9 Å². The Morgan fingerprint density at radius 3 is 2.33 bits per heavy atom. The lowest BCUT2D eigenvalue weighted by Crippen LogP contribution is -2.39. The first kappa shape index (κ1) is 18.9. The summed E-state index contributed by atoms with van der Waals surface area (Å²) in [6.45, 7) is 1.32. The summed E-state index contributed by atoms with van der Waals surface area (Å²) in [4.78, 5) is 29.8. The number of amides is 1. The fourth-order valence-corrected chi connectivity index (χ4v) is 3.49. The van der Waals surface area contributed by atoms with Gasteiger partial charge in [-0.25, -0.2) is 18.6 Å². The standard InChI is InChI=1S/C20H20F2N2O3/c1-12-14(20(26)27)9-10-18(23-12)19(25)24(13-5-2-3-6-13)11-15-16(21)7-4-8-17(15)22/h4,7-10,13H,2-3,5-6,11H2,1H3,(H,26,27). The number of hydrogen-bond acceptors (Lipinski definition) is 3. The van der Waals surface area contributed by atoms with Crippen molar-refractivity contribution in [3.63, 3.8) is 0 Å². The summed E-state index contributed by atoms with van der Waals surface area (Å²) in [5.41, 5.74) is 0.147. The van der Waals surface area contributed by atoms with Gasteiger partial charge in [0.25, 0.3) is 5.91 Å². The van der Waals surface area contributed by atoms with Gasteiger partial charge in [0.05, 0.1) is 17.8 Å². The van der Waals surface area contributed by atoms with E-state index >= 15 is 0 Å². The van der Waals surface area contributed by atoms with Gasteiger partial charge in [-0.3, -0.25) is 4.79 Å². The van der Waals surface area contributed by atoms with Crippen LogP contribution in [0, 0.1) is 18.6 Å². The van der Waals surface area contributed by atoms with E-state index in [4.69, 9.17) is 5.11 Å². The molecule has 1 saturated carbocycles. The Labute approximate surface area is 155 Å². The second kappa shape index (κ2) is 7.82. The van der Waals surface area contributed by atoms with E-state index in [0.717, 1.165) is 25.7 Å². The normalized spacial score (nSPS) is 14.3. The van der Waals surface area contributed by atoms with Crippen molar-refractivity contribution in [2.45, 2.75) is 45.2 Å². The molecule has 1 amide bonds. The summed E-state index contributed by atoms with van der Waals surface area (Å²) in [7, 11) is 0. The third-order valence-electron chi connectivity index (χ3n) is 4.95. The summed E-state index contributed by atoms with van der Waals surface area (Å²) in [6, 6.07) is 6.16. The number of carboxylic acids is 1. The van der Waals surface area contributed by atoms with Crippen LogP contribution >= 0.6 is 0 Å². The van der Waals surface area contributed by atoms with Gasteiger partial charge in [-0.05, 0) is 44.0 Å². The van der Waals surface area contributed by atoms with Crippen molar-refractivity contribution < 1.29 is 23.5 Å². The second-order valence-corrected chi connectivity index (χ2v) is 6.71. The highest BCUT2D eigenvalue weighted by Gasteiger charge is 2.30. The first-order chi connectivity index (χ1) is 12.9. The smallest absolute Gasteiger partial charge is 0.337 e. The zero-order valence-electron chi connectivity index (χ0n) is 14.9. The lowest BCUT2D eigenvalue weighted by molar-refractivity contribution is 0.0648. The van der Waals surface area contributed by atoms with Crippen LogP contribution in [0.25, 0.3) is 0 Å². The number of rotatable bonds is 5. The molecule has 1 heterocycles. The molecule has 0 bridgehead atoms. The van der Waals surface area contributed by atoms with Crippen LogP contribution in [0.1, 0.15) is 57.8 Å². The van der Waals surface area contributed by atoms with E-state index in [1.807, 2.05) is 0 Å². The zero-order valence-corrected chi connectivity index (χ0v) is 14.9. The van der Waals surface area contributed by atoms with Gasteiger partial charge < -0.3 is 10.0 Å². The number of carbonyl (C=O) groups is 2. The van der Waals surface area contributed by atoms with E-state index in [1.54, 1.807) is 0 Å². The van der Waals surface area contributed by atoms with Gasteiger partial charge in [-0.2, -0.15) is 0 Å². The molecule has 0 atom stereocenters. The number of hydrogen-bond donors (Lipinski definition) is 1. The third kappa shape index (κ3) is 3.97. The van der Waals surface area contributed by atoms with Gasteiger partial charge in [0, 0.05) is 11.6 Å². The molecule has 0 radical (unpaired) electrons. The zero-order chi connectivity index (χ0) is 19.6. The Morgan fingerprint density at radius 2 is 1.78 bits per heavy atom. The third-order valence-corrected chi connectivity index (χ3v) is 4.95. The van der Waals surface area contributed by atoms with Crippen molar-refractivity contribution >= 4 is 11.9 Å². The molecule has 5 nitrogen and oxygen atoms in total. The fraction of sp³-hybridized carbons (Fsp3) is 0.350. The van der Waals surface area contributed by atoms with Gasteiger partial charge in [0.2, 0.25) is 0 Å². The van der Waals surface area contributed by atoms with Crippen molar-refractivity contribution in [3.05, 3.63) is 64.5 Å². The van der Waals surface area contributed by atoms with Gasteiger partial charge in [-0.1, -0.05) is 18.9 Å². The number of benzene rings is 1. The molecule has 1 aliphatic rings. The minimum atomic E-state index is -1.12.